The summed E-state index contributed by atoms with van der Waals surface area (Å²) in [6.07, 6.45) is 5.90. The van der Waals surface area contributed by atoms with Crippen molar-refractivity contribution in [2.75, 3.05) is 0 Å². The molecule has 27 heavy (non-hydrogen) atoms. The highest BCUT2D eigenvalue weighted by atomic mass is 35.5. The lowest BCUT2D eigenvalue weighted by molar-refractivity contribution is -0.125. The van der Waals surface area contributed by atoms with Gasteiger partial charge in [-0.1, -0.05) is 23.2 Å². The molecule has 0 unspecified atom stereocenters. The van der Waals surface area contributed by atoms with Crippen LogP contribution in [0.25, 0.3) is 0 Å². The topological polar surface area (TPSA) is 50.4 Å². The average molecular weight is 427 g/mol. The summed E-state index contributed by atoms with van der Waals surface area (Å²) in [6.45, 7) is 1.67. The second kappa shape index (κ2) is 7.76. The second-order valence-electron chi connectivity index (χ2n) is 8.25. The van der Waals surface area contributed by atoms with Crippen LogP contribution in [0.4, 0.5) is 0 Å². The van der Waals surface area contributed by atoms with Crippen molar-refractivity contribution in [3.05, 3.63) is 28.2 Å². The summed E-state index contributed by atoms with van der Waals surface area (Å²) in [5.41, 5.74) is 0. The third-order valence-corrected chi connectivity index (χ3v) is 7.08. The molecule has 4 nitrogen and oxygen atoms in total. The Hall–Kier alpha value is -1.04. The highest BCUT2D eigenvalue weighted by Gasteiger charge is 2.48. The molecule has 146 valence electrons. The Bertz CT molecular complexity index is 729. The number of halogens is 2. The first-order valence-electron chi connectivity index (χ1n) is 9.62. The third-order valence-electron chi connectivity index (χ3n) is 6.33. The number of amides is 1. The van der Waals surface area contributed by atoms with Crippen LogP contribution in [-0.2, 0) is 4.79 Å². The second-order valence-corrected chi connectivity index (χ2v) is 9.51. The molecule has 0 radical (unpaired) electrons. The van der Waals surface area contributed by atoms with Gasteiger partial charge in [-0.25, -0.2) is 0 Å². The molecule has 4 saturated carbocycles. The van der Waals surface area contributed by atoms with Crippen LogP contribution in [0.2, 0.25) is 10.0 Å². The van der Waals surface area contributed by atoms with Gasteiger partial charge in [0.25, 0.3) is 5.91 Å². The minimum atomic E-state index is -0.720. The summed E-state index contributed by atoms with van der Waals surface area (Å²) in [5.74, 6) is 3.33. The van der Waals surface area contributed by atoms with Crippen molar-refractivity contribution in [3.8, 4) is 5.75 Å². The van der Waals surface area contributed by atoms with Crippen molar-refractivity contribution in [1.82, 2.24) is 10.6 Å². The number of hydrogen-bond acceptors (Lipinski definition) is 3. The highest BCUT2D eigenvalue weighted by Crippen LogP contribution is 2.53. The van der Waals surface area contributed by atoms with Crippen LogP contribution in [0.5, 0.6) is 5.75 Å². The van der Waals surface area contributed by atoms with E-state index in [4.69, 9.17) is 40.2 Å². The van der Waals surface area contributed by atoms with Crippen LogP contribution in [-0.4, -0.2) is 23.2 Å². The number of hydrogen-bond donors (Lipinski definition) is 2. The zero-order valence-corrected chi connectivity index (χ0v) is 17.5. The van der Waals surface area contributed by atoms with Crippen LogP contribution < -0.4 is 15.4 Å². The molecule has 4 fully saturated rings. The summed E-state index contributed by atoms with van der Waals surface area (Å²) >= 11 is 17.4. The van der Waals surface area contributed by atoms with Gasteiger partial charge in [0.05, 0.1) is 5.02 Å². The van der Waals surface area contributed by atoms with Gasteiger partial charge in [-0.3, -0.25) is 10.1 Å². The molecule has 2 N–H and O–H groups in total. The molecule has 5 rings (SSSR count). The van der Waals surface area contributed by atoms with E-state index in [1.807, 2.05) is 0 Å². The first kappa shape index (κ1) is 19.3. The first-order chi connectivity index (χ1) is 12.9. The molecule has 1 aromatic carbocycles. The third kappa shape index (κ3) is 4.20. The van der Waals surface area contributed by atoms with E-state index < -0.39 is 6.10 Å². The van der Waals surface area contributed by atoms with E-state index >= 15 is 0 Å². The normalized spacial score (nSPS) is 32.0. The average Bonchev–Trinajstić information content (AvgIpc) is 2.59. The van der Waals surface area contributed by atoms with E-state index in [-0.39, 0.29) is 5.91 Å². The van der Waals surface area contributed by atoms with Crippen molar-refractivity contribution >= 4 is 46.4 Å². The Morgan fingerprint density at radius 2 is 1.78 bits per heavy atom. The van der Waals surface area contributed by atoms with Crippen molar-refractivity contribution in [3.63, 3.8) is 0 Å². The minimum absolute atomic E-state index is 0.290. The first-order valence-corrected chi connectivity index (χ1v) is 10.8. The van der Waals surface area contributed by atoms with Gasteiger partial charge in [0, 0.05) is 11.1 Å². The lowest BCUT2D eigenvalue weighted by Crippen LogP contribution is -2.58. The van der Waals surface area contributed by atoms with Crippen LogP contribution >= 0.6 is 35.4 Å². The van der Waals surface area contributed by atoms with Crippen molar-refractivity contribution in [2.24, 2.45) is 23.7 Å². The fourth-order valence-electron chi connectivity index (χ4n) is 5.38. The fraction of sp³-hybridized carbons (Fsp3) is 0.600. The lowest BCUT2D eigenvalue weighted by atomic mass is 9.54. The molecule has 1 aromatic rings. The van der Waals surface area contributed by atoms with E-state index in [0.29, 0.717) is 38.8 Å². The van der Waals surface area contributed by atoms with E-state index in [1.165, 1.54) is 32.1 Å². The van der Waals surface area contributed by atoms with E-state index in [1.54, 1.807) is 25.1 Å². The maximum Gasteiger partial charge on any atom is 0.266 e. The van der Waals surface area contributed by atoms with Gasteiger partial charge >= 0.3 is 0 Å². The largest absolute Gasteiger partial charge is 0.479 e. The minimum Gasteiger partial charge on any atom is -0.479 e. The van der Waals surface area contributed by atoms with Crippen molar-refractivity contribution in [2.45, 2.75) is 51.2 Å². The number of benzene rings is 1. The summed E-state index contributed by atoms with van der Waals surface area (Å²) in [7, 11) is 0. The van der Waals surface area contributed by atoms with Gasteiger partial charge in [-0.05, 0) is 93.1 Å². The van der Waals surface area contributed by atoms with Crippen molar-refractivity contribution < 1.29 is 9.53 Å². The molecular formula is C20H24Cl2N2O2S. The molecular weight excluding hydrogens is 403 g/mol. The number of rotatable bonds is 4. The van der Waals surface area contributed by atoms with E-state index in [0.717, 1.165) is 11.8 Å². The van der Waals surface area contributed by atoms with Crippen molar-refractivity contribution in [1.29, 1.82) is 0 Å². The summed E-state index contributed by atoms with van der Waals surface area (Å²) in [6, 6.07) is 5.31. The quantitative estimate of drug-likeness (QED) is 0.691. The van der Waals surface area contributed by atoms with Gasteiger partial charge in [0.1, 0.15) is 5.75 Å². The highest BCUT2D eigenvalue weighted by molar-refractivity contribution is 7.80. The van der Waals surface area contributed by atoms with Gasteiger partial charge in [-0.2, -0.15) is 0 Å². The maximum atomic E-state index is 12.5. The van der Waals surface area contributed by atoms with Crippen LogP contribution in [0.1, 0.15) is 39.0 Å². The summed E-state index contributed by atoms with van der Waals surface area (Å²) in [5, 5.41) is 7.50. The maximum absolute atomic E-state index is 12.5. The molecule has 0 aromatic heterocycles. The summed E-state index contributed by atoms with van der Waals surface area (Å²) in [4.78, 5) is 12.5. The van der Waals surface area contributed by atoms with Gasteiger partial charge < -0.3 is 10.1 Å². The Morgan fingerprint density at radius 3 is 2.37 bits per heavy atom. The number of carbonyl (C=O) groups excluding carboxylic acids is 1. The van der Waals surface area contributed by atoms with Crippen LogP contribution in [0.3, 0.4) is 0 Å². The predicted molar refractivity (Wildman–Crippen MR) is 111 cm³/mol. The molecule has 1 amide bonds. The zero-order valence-electron chi connectivity index (χ0n) is 15.2. The molecule has 0 heterocycles. The van der Waals surface area contributed by atoms with Gasteiger partial charge in [0.2, 0.25) is 0 Å². The number of nitrogens with one attached hydrogen (secondary N) is 2. The number of thiocarbonyl (C=S) groups is 1. The SMILES string of the molecule is C[C@H](Oc1ccc(Cl)cc1Cl)C(=O)NC(=S)NC1C2CC3CC(C2)CC1C3. The molecule has 4 aliphatic rings. The number of ether oxygens (including phenoxy) is 1. The Balaban J connectivity index is 1.30. The van der Waals surface area contributed by atoms with Gasteiger partial charge in [0.15, 0.2) is 11.2 Å². The standard InChI is InChI=1S/C20H24Cl2N2O2S/c1-10(26-17-3-2-15(21)9-16(17)22)19(25)24-20(27)23-18-13-5-11-4-12(7-13)8-14(18)6-11/h2-3,9-14,18H,4-8H2,1H3,(H2,23,24,25,27)/t10-,11?,12?,13?,14?,18?/m0/s1. The van der Waals surface area contributed by atoms with E-state index in [2.05, 4.69) is 10.6 Å². The molecule has 0 saturated heterocycles. The van der Waals surface area contributed by atoms with E-state index in [9.17, 15) is 4.79 Å². The number of carbonyl (C=O) groups is 1. The lowest BCUT2D eigenvalue weighted by Gasteiger charge is -2.54. The fourth-order valence-corrected chi connectivity index (χ4v) is 6.07. The molecule has 4 bridgehead atoms. The van der Waals surface area contributed by atoms with Crippen LogP contribution in [0.15, 0.2) is 18.2 Å². The molecule has 1 atom stereocenters. The molecule has 0 spiro atoms. The smallest absolute Gasteiger partial charge is 0.266 e. The Kier molecular flexibility index (Phi) is 5.55. The Morgan fingerprint density at radius 1 is 1.15 bits per heavy atom. The zero-order chi connectivity index (χ0) is 19.1. The van der Waals surface area contributed by atoms with Gasteiger partial charge in [-0.15, -0.1) is 0 Å². The monoisotopic (exact) mass is 426 g/mol. The molecule has 4 aliphatic carbocycles. The molecule has 7 heteroatoms. The van der Waals surface area contributed by atoms with Crippen LogP contribution in [0, 0.1) is 23.7 Å². The molecule has 0 aliphatic heterocycles. The Labute approximate surface area is 175 Å². The summed E-state index contributed by atoms with van der Waals surface area (Å²) < 4.78 is 5.66. The predicted octanol–water partition coefficient (Wildman–Crippen LogP) is 4.58.